The van der Waals surface area contributed by atoms with Crippen LogP contribution in [0.3, 0.4) is 0 Å². The Morgan fingerprint density at radius 3 is 2.26 bits per heavy atom. The van der Waals surface area contributed by atoms with Gasteiger partial charge in [0.2, 0.25) is 0 Å². The highest BCUT2D eigenvalue weighted by molar-refractivity contribution is 6.30. The second kappa shape index (κ2) is 10.1. The van der Waals surface area contributed by atoms with E-state index in [2.05, 4.69) is 21.9 Å². The number of likely N-dealkylation sites (tertiary alicyclic amines) is 1. The Bertz CT molecular complexity index is 883. The van der Waals surface area contributed by atoms with Crippen molar-refractivity contribution in [1.82, 2.24) is 4.90 Å². The molecule has 2 aliphatic rings. The average Bonchev–Trinajstić information content (AvgIpc) is 2.77. The summed E-state index contributed by atoms with van der Waals surface area (Å²) in [7, 11) is 0. The van der Waals surface area contributed by atoms with Crippen molar-refractivity contribution in [1.29, 1.82) is 0 Å². The van der Waals surface area contributed by atoms with Crippen LogP contribution in [0.1, 0.15) is 47.2 Å². The first-order valence-electron chi connectivity index (χ1n) is 11.5. The van der Waals surface area contributed by atoms with E-state index in [0.29, 0.717) is 11.5 Å². The molecule has 166 valence electrons. The second-order valence-corrected chi connectivity index (χ2v) is 9.77. The number of carboxylic acid groups (broad SMARTS) is 1. The fourth-order valence-electron chi connectivity index (χ4n) is 5.15. The van der Waals surface area contributed by atoms with Crippen LogP contribution in [0.4, 0.5) is 5.69 Å². The maximum atomic E-state index is 11.7. The van der Waals surface area contributed by atoms with E-state index in [0.717, 1.165) is 54.5 Å². The molecule has 2 saturated heterocycles. The Balaban J connectivity index is 1.23. The summed E-state index contributed by atoms with van der Waals surface area (Å²) in [6.07, 6.45) is 5.97. The number of piperidine rings is 2. The number of nitrogens with zero attached hydrogens (tertiary/aromatic N) is 2. The molecule has 0 aromatic heterocycles. The minimum Gasteiger partial charge on any atom is -0.478 e. The molecule has 2 heterocycles. The first kappa shape index (κ1) is 22.2. The van der Waals surface area contributed by atoms with E-state index in [1.54, 1.807) is 6.07 Å². The Kier molecular flexibility index (Phi) is 7.19. The molecule has 2 aromatic carbocycles. The van der Waals surface area contributed by atoms with Crippen molar-refractivity contribution in [3.05, 3.63) is 64.2 Å². The number of anilines is 1. The van der Waals surface area contributed by atoms with Gasteiger partial charge >= 0.3 is 5.97 Å². The van der Waals surface area contributed by atoms with E-state index in [1.807, 2.05) is 31.2 Å². The fraction of sp³-hybridized carbons (Fsp3) is 0.500. The number of rotatable bonds is 6. The van der Waals surface area contributed by atoms with Gasteiger partial charge in [0, 0.05) is 24.7 Å². The average molecular weight is 441 g/mol. The number of carbonyl (C=O) groups is 1. The van der Waals surface area contributed by atoms with Crippen LogP contribution in [0.25, 0.3) is 0 Å². The zero-order valence-corrected chi connectivity index (χ0v) is 19.2. The van der Waals surface area contributed by atoms with Gasteiger partial charge in [-0.05, 0) is 93.8 Å². The summed E-state index contributed by atoms with van der Waals surface area (Å²) in [5.74, 6) is 0.653. The molecular weight excluding hydrogens is 408 g/mol. The molecule has 0 amide bonds. The molecule has 4 rings (SSSR count). The topological polar surface area (TPSA) is 43.8 Å². The number of carboxylic acids is 1. The van der Waals surface area contributed by atoms with Crippen LogP contribution < -0.4 is 4.90 Å². The molecule has 0 bridgehead atoms. The lowest BCUT2D eigenvalue weighted by atomic mass is 9.89. The number of aryl methyl sites for hydroxylation is 1. The largest absolute Gasteiger partial charge is 0.478 e. The normalized spacial score (nSPS) is 19.0. The maximum Gasteiger partial charge on any atom is 0.337 e. The van der Waals surface area contributed by atoms with Gasteiger partial charge in [0.05, 0.1) is 11.3 Å². The van der Waals surface area contributed by atoms with Crippen LogP contribution in [-0.4, -0.2) is 48.7 Å². The van der Waals surface area contributed by atoms with Crippen LogP contribution in [0, 0.1) is 18.8 Å². The van der Waals surface area contributed by atoms with Gasteiger partial charge in [0.25, 0.3) is 0 Å². The predicted molar refractivity (Wildman–Crippen MR) is 127 cm³/mol. The van der Waals surface area contributed by atoms with Crippen molar-refractivity contribution in [2.45, 2.75) is 39.0 Å². The van der Waals surface area contributed by atoms with Crippen molar-refractivity contribution in [2.75, 3.05) is 37.6 Å². The third-order valence-corrected chi connectivity index (χ3v) is 7.25. The lowest BCUT2D eigenvalue weighted by Crippen LogP contribution is -2.42. The number of aromatic carboxylic acids is 1. The van der Waals surface area contributed by atoms with Crippen LogP contribution in [0.5, 0.6) is 0 Å². The van der Waals surface area contributed by atoms with Crippen molar-refractivity contribution < 1.29 is 9.90 Å². The first-order chi connectivity index (χ1) is 15.0. The van der Waals surface area contributed by atoms with Crippen LogP contribution in [-0.2, 0) is 6.42 Å². The summed E-state index contributed by atoms with van der Waals surface area (Å²) >= 11 is 6.00. The summed E-state index contributed by atoms with van der Waals surface area (Å²) in [5, 5.41) is 10.4. The molecule has 2 aromatic rings. The summed E-state index contributed by atoms with van der Waals surface area (Å²) in [5.41, 5.74) is 3.70. The third kappa shape index (κ3) is 5.81. The van der Waals surface area contributed by atoms with E-state index in [9.17, 15) is 9.90 Å². The van der Waals surface area contributed by atoms with E-state index in [4.69, 9.17) is 11.6 Å². The van der Waals surface area contributed by atoms with E-state index >= 15 is 0 Å². The van der Waals surface area contributed by atoms with Gasteiger partial charge in [0.1, 0.15) is 0 Å². The van der Waals surface area contributed by atoms with Gasteiger partial charge < -0.3 is 14.9 Å². The van der Waals surface area contributed by atoms with Gasteiger partial charge in [-0.2, -0.15) is 0 Å². The van der Waals surface area contributed by atoms with Crippen LogP contribution >= 0.6 is 11.6 Å². The maximum absolute atomic E-state index is 11.7. The molecule has 31 heavy (non-hydrogen) atoms. The molecule has 5 heteroatoms. The molecule has 0 aliphatic carbocycles. The number of halogens is 1. The van der Waals surface area contributed by atoms with E-state index < -0.39 is 5.97 Å². The van der Waals surface area contributed by atoms with Crippen LogP contribution in [0.2, 0.25) is 5.02 Å². The van der Waals surface area contributed by atoms with Crippen LogP contribution in [0.15, 0.2) is 42.5 Å². The molecule has 0 saturated carbocycles. The number of hydrogen-bond donors (Lipinski definition) is 1. The van der Waals surface area contributed by atoms with Crippen molar-refractivity contribution in [2.24, 2.45) is 11.8 Å². The molecule has 2 aliphatic heterocycles. The smallest absolute Gasteiger partial charge is 0.337 e. The zero-order valence-electron chi connectivity index (χ0n) is 18.4. The van der Waals surface area contributed by atoms with Gasteiger partial charge in [-0.1, -0.05) is 35.4 Å². The lowest BCUT2D eigenvalue weighted by Gasteiger charge is -2.38. The SMILES string of the molecule is Cc1ccc(N2CCC(CN3CCC(Cc4ccc(Cl)cc4)CC3)CC2)c(C(=O)O)c1. The van der Waals surface area contributed by atoms with Crippen molar-refractivity contribution in [3.63, 3.8) is 0 Å². The molecule has 1 N–H and O–H groups in total. The van der Waals surface area contributed by atoms with E-state index in [-0.39, 0.29) is 0 Å². The lowest BCUT2D eigenvalue weighted by molar-refractivity contribution is 0.0697. The predicted octanol–water partition coefficient (Wildman–Crippen LogP) is 5.52. The number of hydrogen-bond acceptors (Lipinski definition) is 3. The second-order valence-electron chi connectivity index (χ2n) is 9.33. The summed E-state index contributed by atoms with van der Waals surface area (Å²) in [4.78, 5) is 16.6. The molecule has 0 radical (unpaired) electrons. The Morgan fingerprint density at radius 2 is 1.61 bits per heavy atom. The molecule has 0 atom stereocenters. The molecule has 4 nitrogen and oxygen atoms in total. The Labute approximate surface area is 190 Å². The minimum absolute atomic E-state index is 0.432. The van der Waals surface area contributed by atoms with Gasteiger partial charge in [-0.3, -0.25) is 0 Å². The third-order valence-electron chi connectivity index (χ3n) is 7.00. The van der Waals surface area contributed by atoms with Crippen molar-refractivity contribution >= 4 is 23.3 Å². The molecule has 0 spiro atoms. The fourth-order valence-corrected chi connectivity index (χ4v) is 5.27. The monoisotopic (exact) mass is 440 g/mol. The summed E-state index contributed by atoms with van der Waals surface area (Å²) in [6.45, 7) is 7.41. The highest BCUT2D eigenvalue weighted by atomic mass is 35.5. The minimum atomic E-state index is -0.831. The van der Waals surface area contributed by atoms with Gasteiger partial charge in [0.15, 0.2) is 0 Å². The zero-order chi connectivity index (χ0) is 21.8. The highest BCUT2D eigenvalue weighted by Gasteiger charge is 2.26. The van der Waals surface area contributed by atoms with Gasteiger partial charge in [-0.15, -0.1) is 0 Å². The summed E-state index contributed by atoms with van der Waals surface area (Å²) in [6, 6.07) is 14.1. The standard InChI is InChI=1S/C26H33ClN2O2/c1-19-2-7-25(24(16-19)26(30)31)29-14-10-22(11-15-29)18-28-12-8-21(9-13-28)17-20-3-5-23(27)6-4-20/h2-7,16,21-22H,8-15,17-18H2,1H3,(H,30,31). The molecule has 2 fully saturated rings. The number of benzene rings is 2. The van der Waals surface area contributed by atoms with Gasteiger partial charge in [-0.25, -0.2) is 4.79 Å². The first-order valence-corrected chi connectivity index (χ1v) is 11.9. The molecule has 0 unspecified atom stereocenters. The quantitative estimate of drug-likeness (QED) is 0.642. The Hall–Kier alpha value is -2.04. The molecular formula is C26H33ClN2O2. The van der Waals surface area contributed by atoms with Crippen molar-refractivity contribution in [3.8, 4) is 0 Å². The van der Waals surface area contributed by atoms with E-state index in [1.165, 1.54) is 38.0 Å². The summed E-state index contributed by atoms with van der Waals surface area (Å²) < 4.78 is 0. The highest BCUT2D eigenvalue weighted by Crippen LogP contribution is 2.29. The Morgan fingerprint density at radius 1 is 0.968 bits per heavy atom.